The van der Waals surface area contributed by atoms with Crippen molar-refractivity contribution in [2.24, 2.45) is 5.92 Å². The van der Waals surface area contributed by atoms with E-state index in [1.54, 1.807) is 28.9 Å². The Hall–Kier alpha value is -3.80. The van der Waals surface area contributed by atoms with E-state index in [0.29, 0.717) is 24.4 Å². The Morgan fingerprint density at radius 3 is 2.72 bits per heavy atom. The van der Waals surface area contributed by atoms with Crippen molar-refractivity contribution in [1.29, 1.82) is 0 Å². The first kappa shape index (κ1) is 26.8. The van der Waals surface area contributed by atoms with E-state index in [-0.39, 0.29) is 56.9 Å². The summed E-state index contributed by atoms with van der Waals surface area (Å²) in [5, 5.41) is 10.2. The highest BCUT2D eigenvalue weighted by atomic mass is 19.3. The van der Waals surface area contributed by atoms with Crippen LogP contribution in [-0.2, 0) is 16.1 Å². The van der Waals surface area contributed by atoms with Crippen LogP contribution in [0.5, 0.6) is 0 Å². The number of imidazole rings is 1. The minimum absolute atomic E-state index is 0.0865. The van der Waals surface area contributed by atoms with E-state index in [1.807, 2.05) is 36.4 Å². The number of hydrogen-bond acceptors (Lipinski definition) is 6. The van der Waals surface area contributed by atoms with Crippen LogP contribution < -0.4 is 10.6 Å². The molecule has 2 N–H and O–H groups in total. The number of alkyl carbamates (subject to hydrolysis) is 1. The number of hydrogen-bond donors (Lipinski definition) is 2. The molecular formula is C27H32F2N6O4. The van der Waals surface area contributed by atoms with Crippen molar-refractivity contribution in [1.82, 2.24) is 30.1 Å². The van der Waals surface area contributed by atoms with Gasteiger partial charge in [-0.15, -0.1) is 0 Å². The summed E-state index contributed by atoms with van der Waals surface area (Å²) in [5.41, 5.74) is 2.61. The number of nitrogens with zero attached hydrogens (tertiary/aromatic N) is 4. The second-order valence-electron chi connectivity index (χ2n) is 10.0. The summed E-state index contributed by atoms with van der Waals surface area (Å²) in [6.07, 6.45) is 2.69. The van der Waals surface area contributed by atoms with Gasteiger partial charge in [0.15, 0.2) is 5.65 Å². The van der Waals surface area contributed by atoms with Gasteiger partial charge in [0.25, 0.3) is 0 Å². The zero-order valence-electron chi connectivity index (χ0n) is 21.7. The molecule has 5 rings (SSSR count). The first-order valence-corrected chi connectivity index (χ1v) is 13.1. The van der Waals surface area contributed by atoms with Crippen molar-refractivity contribution < 1.29 is 27.8 Å². The highest BCUT2D eigenvalue weighted by Gasteiger charge is 2.39. The van der Waals surface area contributed by atoms with Crippen LogP contribution in [0, 0.1) is 5.92 Å². The summed E-state index contributed by atoms with van der Waals surface area (Å²) in [5.74, 6) is -2.95. The molecule has 1 aliphatic carbocycles. The summed E-state index contributed by atoms with van der Waals surface area (Å²) in [7, 11) is 1.57. The van der Waals surface area contributed by atoms with Gasteiger partial charge in [0.05, 0.1) is 36.8 Å². The van der Waals surface area contributed by atoms with E-state index >= 15 is 0 Å². The first-order valence-electron chi connectivity index (χ1n) is 13.1. The Bertz CT molecular complexity index is 1290. The topological polar surface area (TPSA) is 110 Å². The molecule has 1 aliphatic heterocycles. The molecule has 1 saturated carbocycles. The highest BCUT2D eigenvalue weighted by molar-refractivity contribution is 5.76. The fraction of sp³-hybridized carbons (Fsp3) is 0.481. The van der Waals surface area contributed by atoms with Crippen LogP contribution in [0.15, 0.2) is 48.8 Å². The standard InChI is InChI=1S/C27H32F2N6O4/c1-38-17-22(34-12-11-30-25(34)36)20-13-23-32-21(15-35(23)31-14-20)24(19-7-9-27(28,29)10-8-19)33-26(37)39-16-18-5-3-2-4-6-18/h2-6,13-15,19,22,24H,7-12,16-17H2,1H3,(H,30,36)(H,33,37). The van der Waals surface area contributed by atoms with E-state index in [1.165, 1.54) is 0 Å². The van der Waals surface area contributed by atoms with Crippen LogP contribution in [-0.4, -0.2) is 64.4 Å². The molecule has 0 spiro atoms. The fourth-order valence-corrected chi connectivity index (χ4v) is 5.27. The zero-order chi connectivity index (χ0) is 27.4. The van der Waals surface area contributed by atoms with Gasteiger partial charge in [-0.25, -0.2) is 27.9 Å². The second-order valence-corrected chi connectivity index (χ2v) is 10.0. The number of urea groups is 1. The predicted molar refractivity (Wildman–Crippen MR) is 137 cm³/mol. The number of aromatic nitrogens is 3. The average Bonchev–Trinajstić information content (AvgIpc) is 3.55. The number of benzene rings is 1. The molecule has 1 aromatic carbocycles. The summed E-state index contributed by atoms with van der Waals surface area (Å²) in [4.78, 5) is 31.5. The first-order chi connectivity index (χ1) is 18.8. The van der Waals surface area contributed by atoms with Crippen molar-refractivity contribution in [3.63, 3.8) is 0 Å². The van der Waals surface area contributed by atoms with Crippen LogP contribution in [0.4, 0.5) is 18.4 Å². The maximum absolute atomic E-state index is 13.9. The van der Waals surface area contributed by atoms with Gasteiger partial charge >= 0.3 is 12.1 Å². The molecule has 3 aromatic rings. The minimum atomic E-state index is -2.71. The lowest BCUT2D eigenvalue weighted by Gasteiger charge is -2.33. The number of nitrogens with one attached hydrogen (secondary N) is 2. The molecule has 10 nitrogen and oxygen atoms in total. The lowest BCUT2D eigenvalue weighted by atomic mass is 9.81. The summed E-state index contributed by atoms with van der Waals surface area (Å²) in [6, 6.07) is 9.95. The maximum Gasteiger partial charge on any atom is 0.408 e. The van der Waals surface area contributed by atoms with Gasteiger partial charge in [-0.2, -0.15) is 5.10 Å². The van der Waals surface area contributed by atoms with Gasteiger partial charge in [-0.3, -0.25) is 0 Å². The third kappa shape index (κ3) is 6.27. The van der Waals surface area contributed by atoms with E-state index in [2.05, 4.69) is 15.7 Å². The van der Waals surface area contributed by atoms with Crippen molar-refractivity contribution in [3.8, 4) is 0 Å². The Morgan fingerprint density at radius 1 is 1.26 bits per heavy atom. The van der Waals surface area contributed by atoms with Gasteiger partial charge in [0, 0.05) is 38.6 Å². The quantitative estimate of drug-likeness (QED) is 0.419. The van der Waals surface area contributed by atoms with Crippen molar-refractivity contribution in [2.75, 3.05) is 26.8 Å². The number of ether oxygens (including phenoxy) is 2. The SMILES string of the molecule is COCC(c1cnn2cc(C(NC(=O)OCc3ccccc3)C3CCC(F)(F)CC3)nc2c1)N1CCNC1=O. The maximum atomic E-state index is 13.9. The Morgan fingerprint density at radius 2 is 2.03 bits per heavy atom. The number of carbonyl (C=O) groups is 2. The monoisotopic (exact) mass is 542 g/mol. The van der Waals surface area contributed by atoms with Gasteiger partial charge in [0.2, 0.25) is 5.92 Å². The molecule has 2 aromatic heterocycles. The van der Waals surface area contributed by atoms with Crippen molar-refractivity contribution >= 4 is 17.8 Å². The smallest absolute Gasteiger partial charge is 0.408 e. The molecule has 1 saturated heterocycles. The molecular weight excluding hydrogens is 510 g/mol. The van der Waals surface area contributed by atoms with Crippen LogP contribution >= 0.6 is 0 Å². The molecule has 0 radical (unpaired) electrons. The largest absolute Gasteiger partial charge is 0.445 e. The number of methoxy groups -OCH3 is 1. The van der Waals surface area contributed by atoms with Crippen molar-refractivity contribution in [2.45, 2.75) is 50.3 Å². The van der Waals surface area contributed by atoms with Crippen LogP contribution in [0.2, 0.25) is 0 Å². The summed E-state index contributed by atoms with van der Waals surface area (Å²) < 4.78 is 40.2. The van der Waals surface area contributed by atoms with Crippen LogP contribution in [0.1, 0.15) is 54.6 Å². The lowest BCUT2D eigenvalue weighted by molar-refractivity contribution is -0.0497. The number of rotatable bonds is 9. The molecule has 2 aliphatic rings. The minimum Gasteiger partial charge on any atom is -0.445 e. The molecule has 2 atom stereocenters. The number of halogens is 2. The Kier molecular flexibility index (Phi) is 7.92. The molecule has 2 unspecified atom stereocenters. The molecule has 2 fully saturated rings. The predicted octanol–water partition coefficient (Wildman–Crippen LogP) is 4.24. The molecule has 0 bridgehead atoms. The molecule has 3 amide bonds. The van der Waals surface area contributed by atoms with Gasteiger partial charge in [0.1, 0.15) is 6.61 Å². The van der Waals surface area contributed by atoms with E-state index in [9.17, 15) is 18.4 Å². The molecule has 3 heterocycles. The Labute approximate surface area is 224 Å². The van der Waals surface area contributed by atoms with Gasteiger partial charge < -0.3 is 25.0 Å². The second kappa shape index (κ2) is 11.5. The van der Waals surface area contributed by atoms with Crippen LogP contribution in [0.25, 0.3) is 5.65 Å². The number of fused-ring (bicyclic) bond motifs is 1. The van der Waals surface area contributed by atoms with Gasteiger partial charge in [-0.1, -0.05) is 30.3 Å². The Balaban J connectivity index is 1.39. The summed E-state index contributed by atoms with van der Waals surface area (Å²) in [6.45, 7) is 1.47. The van der Waals surface area contributed by atoms with Crippen LogP contribution in [0.3, 0.4) is 0 Å². The van der Waals surface area contributed by atoms with Gasteiger partial charge in [-0.05, 0) is 30.4 Å². The molecule has 208 valence electrons. The lowest BCUT2D eigenvalue weighted by Crippen LogP contribution is -2.37. The van der Waals surface area contributed by atoms with Crippen molar-refractivity contribution in [3.05, 3.63) is 65.6 Å². The zero-order valence-corrected chi connectivity index (χ0v) is 21.7. The average molecular weight is 543 g/mol. The third-order valence-corrected chi connectivity index (χ3v) is 7.37. The number of carbonyl (C=O) groups excluding carboxylic acids is 2. The van der Waals surface area contributed by atoms with E-state index in [0.717, 1.165) is 11.1 Å². The normalized spacial score (nSPS) is 19.1. The molecule has 12 heteroatoms. The summed E-state index contributed by atoms with van der Waals surface area (Å²) >= 11 is 0. The third-order valence-electron chi connectivity index (χ3n) is 7.37. The van der Waals surface area contributed by atoms with E-state index in [4.69, 9.17) is 14.5 Å². The number of amides is 3. The van der Waals surface area contributed by atoms with E-state index < -0.39 is 18.1 Å². The fourth-order valence-electron chi connectivity index (χ4n) is 5.27. The number of alkyl halides is 2. The highest BCUT2D eigenvalue weighted by Crippen LogP contribution is 2.41. The molecule has 39 heavy (non-hydrogen) atoms.